The van der Waals surface area contributed by atoms with Crippen LogP contribution in [0, 0.1) is 17.8 Å². The van der Waals surface area contributed by atoms with E-state index in [0.717, 1.165) is 69.9 Å². The Morgan fingerprint density at radius 3 is 2.11 bits per heavy atom. The van der Waals surface area contributed by atoms with Crippen molar-refractivity contribution in [3.8, 4) is 0 Å². The molecule has 2 aliphatic carbocycles. The molecule has 28 heavy (non-hydrogen) atoms. The van der Waals surface area contributed by atoms with Crippen molar-refractivity contribution in [2.75, 3.05) is 59.4 Å². The molecule has 0 spiro atoms. The maximum absolute atomic E-state index is 12.4. The summed E-state index contributed by atoms with van der Waals surface area (Å²) in [6.07, 6.45) is 9.10. The lowest BCUT2D eigenvalue weighted by molar-refractivity contribution is -0.139. The first kappa shape index (κ1) is 22.1. The molecule has 2 saturated heterocycles. The third-order valence-corrected chi connectivity index (χ3v) is 7.34. The predicted octanol–water partition coefficient (Wildman–Crippen LogP) is 2.25. The molecule has 0 aromatic heterocycles. The van der Waals surface area contributed by atoms with Crippen LogP contribution in [-0.2, 0) is 4.79 Å². The molecule has 4 fully saturated rings. The number of nitrogens with zero attached hydrogens (tertiary/aromatic N) is 4. The Hall–Kier alpha value is -0.570. The third-order valence-electron chi connectivity index (χ3n) is 7.34. The normalized spacial score (nSPS) is 29.1. The summed E-state index contributed by atoms with van der Waals surface area (Å²) < 4.78 is 0. The Morgan fingerprint density at radius 1 is 0.929 bits per heavy atom. The van der Waals surface area contributed by atoms with Crippen LogP contribution in [0.25, 0.3) is 0 Å². The largest absolute Gasteiger partial charge is 0.355 e. The molecule has 1 N–H and O–H groups in total. The molecule has 2 aliphatic heterocycles. The average molecular weight is 503 g/mol. The van der Waals surface area contributed by atoms with E-state index in [1.165, 1.54) is 45.2 Å². The zero-order valence-electron chi connectivity index (χ0n) is 17.4. The summed E-state index contributed by atoms with van der Waals surface area (Å²) in [4.78, 5) is 24.0. The first-order valence-electron chi connectivity index (χ1n) is 11.2. The first-order valence-corrected chi connectivity index (χ1v) is 11.2. The van der Waals surface area contributed by atoms with Gasteiger partial charge in [0, 0.05) is 65.3 Å². The van der Waals surface area contributed by atoms with Gasteiger partial charge in [0.25, 0.3) is 0 Å². The number of carbonyl (C=O) groups is 1. The molecular weight excluding hydrogens is 465 g/mol. The van der Waals surface area contributed by atoms with Crippen molar-refractivity contribution in [1.82, 2.24) is 20.0 Å². The van der Waals surface area contributed by atoms with Gasteiger partial charge in [-0.15, -0.1) is 24.0 Å². The molecule has 0 aromatic rings. The minimum Gasteiger partial charge on any atom is -0.355 e. The van der Waals surface area contributed by atoms with Crippen molar-refractivity contribution >= 4 is 35.8 Å². The number of hydrogen-bond acceptors (Lipinski definition) is 3. The van der Waals surface area contributed by atoms with E-state index in [1.807, 2.05) is 7.05 Å². The molecule has 7 heteroatoms. The van der Waals surface area contributed by atoms with Gasteiger partial charge in [0.15, 0.2) is 5.96 Å². The summed E-state index contributed by atoms with van der Waals surface area (Å²) in [5, 5.41) is 3.59. The SMILES string of the molecule is CN=C(NCCN1CCN(C(=O)C2CCC2)CC1)N1CC2CCCCC2C1.I. The summed E-state index contributed by atoms with van der Waals surface area (Å²) in [6.45, 7) is 8.16. The number of fused-ring (bicyclic) bond motifs is 1. The van der Waals surface area contributed by atoms with Gasteiger partial charge in [-0.1, -0.05) is 19.3 Å². The maximum atomic E-state index is 12.4. The lowest BCUT2D eigenvalue weighted by atomic mass is 9.82. The number of rotatable bonds is 4. The molecular formula is C21H38IN5O. The average Bonchev–Trinajstić information content (AvgIpc) is 3.08. The smallest absolute Gasteiger partial charge is 0.225 e. The summed E-state index contributed by atoms with van der Waals surface area (Å²) in [5.74, 6) is 3.61. The van der Waals surface area contributed by atoms with E-state index < -0.39 is 0 Å². The van der Waals surface area contributed by atoms with Crippen LogP contribution in [0.2, 0.25) is 0 Å². The van der Waals surface area contributed by atoms with Crippen LogP contribution in [0.3, 0.4) is 0 Å². The lowest BCUT2D eigenvalue weighted by Gasteiger charge is -2.38. The highest BCUT2D eigenvalue weighted by Crippen LogP contribution is 2.35. The van der Waals surface area contributed by atoms with E-state index in [9.17, 15) is 4.79 Å². The number of carbonyl (C=O) groups excluding carboxylic acids is 1. The van der Waals surface area contributed by atoms with Crippen LogP contribution in [0.15, 0.2) is 4.99 Å². The van der Waals surface area contributed by atoms with Crippen LogP contribution >= 0.6 is 24.0 Å². The topological polar surface area (TPSA) is 51.2 Å². The highest BCUT2D eigenvalue weighted by Gasteiger charge is 2.35. The molecule has 4 rings (SSSR count). The number of aliphatic imine (C=N–C) groups is 1. The van der Waals surface area contributed by atoms with Crippen molar-refractivity contribution in [2.24, 2.45) is 22.7 Å². The van der Waals surface area contributed by atoms with E-state index in [-0.39, 0.29) is 24.0 Å². The van der Waals surface area contributed by atoms with Crippen molar-refractivity contribution in [1.29, 1.82) is 0 Å². The van der Waals surface area contributed by atoms with Gasteiger partial charge in [0.2, 0.25) is 5.91 Å². The zero-order chi connectivity index (χ0) is 18.6. The van der Waals surface area contributed by atoms with Crippen LogP contribution in [0.1, 0.15) is 44.9 Å². The summed E-state index contributed by atoms with van der Waals surface area (Å²) in [7, 11) is 1.91. The predicted molar refractivity (Wildman–Crippen MR) is 124 cm³/mol. The summed E-state index contributed by atoms with van der Waals surface area (Å²) >= 11 is 0. The molecule has 2 atom stereocenters. The molecule has 2 saturated carbocycles. The van der Waals surface area contributed by atoms with E-state index in [0.29, 0.717) is 11.8 Å². The van der Waals surface area contributed by atoms with Crippen molar-refractivity contribution in [2.45, 2.75) is 44.9 Å². The zero-order valence-corrected chi connectivity index (χ0v) is 19.8. The summed E-state index contributed by atoms with van der Waals surface area (Å²) in [6, 6.07) is 0. The number of piperazine rings is 1. The van der Waals surface area contributed by atoms with Gasteiger partial charge < -0.3 is 15.1 Å². The Bertz CT molecular complexity index is 531. The summed E-state index contributed by atoms with van der Waals surface area (Å²) in [5.41, 5.74) is 0. The van der Waals surface area contributed by atoms with Gasteiger partial charge in [-0.25, -0.2) is 0 Å². The van der Waals surface area contributed by atoms with Crippen molar-refractivity contribution in [3.05, 3.63) is 0 Å². The fraction of sp³-hybridized carbons (Fsp3) is 0.905. The molecule has 0 aromatic carbocycles. The molecule has 0 radical (unpaired) electrons. The number of amides is 1. The van der Waals surface area contributed by atoms with Gasteiger partial charge in [0.1, 0.15) is 0 Å². The van der Waals surface area contributed by atoms with Crippen LogP contribution in [0.5, 0.6) is 0 Å². The van der Waals surface area contributed by atoms with Crippen LogP contribution in [0.4, 0.5) is 0 Å². The second-order valence-corrected chi connectivity index (χ2v) is 8.98. The minimum atomic E-state index is 0. The number of likely N-dealkylation sites (tertiary alicyclic amines) is 1. The molecule has 1 amide bonds. The minimum absolute atomic E-state index is 0. The Kier molecular flexibility index (Phi) is 8.26. The second-order valence-electron chi connectivity index (χ2n) is 8.98. The van der Waals surface area contributed by atoms with Gasteiger partial charge >= 0.3 is 0 Å². The van der Waals surface area contributed by atoms with Crippen LogP contribution in [-0.4, -0.2) is 86.0 Å². The first-order chi connectivity index (χ1) is 13.2. The molecule has 2 heterocycles. The second kappa shape index (κ2) is 10.5. The maximum Gasteiger partial charge on any atom is 0.225 e. The van der Waals surface area contributed by atoms with Gasteiger partial charge in [-0.2, -0.15) is 0 Å². The fourth-order valence-electron chi connectivity index (χ4n) is 5.34. The molecule has 160 valence electrons. The molecule has 2 unspecified atom stereocenters. The molecule has 4 aliphatic rings. The number of nitrogens with one attached hydrogen (secondary N) is 1. The number of hydrogen-bond donors (Lipinski definition) is 1. The highest BCUT2D eigenvalue weighted by atomic mass is 127. The van der Waals surface area contributed by atoms with Gasteiger partial charge in [0.05, 0.1) is 0 Å². The van der Waals surface area contributed by atoms with Gasteiger partial charge in [-0.3, -0.25) is 14.7 Å². The third kappa shape index (κ3) is 5.12. The molecule has 0 bridgehead atoms. The quantitative estimate of drug-likeness (QED) is 0.364. The Labute approximate surface area is 187 Å². The number of halogens is 1. The fourth-order valence-corrected chi connectivity index (χ4v) is 5.34. The van der Waals surface area contributed by atoms with E-state index >= 15 is 0 Å². The van der Waals surface area contributed by atoms with Crippen LogP contribution < -0.4 is 5.32 Å². The van der Waals surface area contributed by atoms with Crippen molar-refractivity contribution in [3.63, 3.8) is 0 Å². The van der Waals surface area contributed by atoms with Crippen molar-refractivity contribution < 1.29 is 4.79 Å². The van der Waals surface area contributed by atoms with E-state index in [4.69, 9.17) is 0 Å². The Morgan fingerprint density at radius 2 is 1.57 bits per heavy atom. The standard InChI is InChI=1S/C21H37N5O.HI/c1-22-21(26-15-18-5-2-3-6-19(18)16-26)23-9-10-24-11-13-25(14-12-24)20(27)17-7-4-8-17;/h17-19H,2-16H2,1H3,(H,22,23);1H. The highest BCUT2D eigenvalue weighted by molar-refractivity contribution is 14.0. The lowest BCUT2D eigenvalue weighted by Crippen LogP contribution is -2.52. The van der Waals surface area contributed by atoms with E-state index in [1.54, 1.807) is 0 Å². The van der Waals surface area contributed by atoms with Gasteiger partial charge in [-0.05, 0) is 37.5 Å². The molecule has 6 nitrogen and oxygen atoms in total. The monoisotopic (exact) mass is 503 g/mol. The van der Waals surface area contributed by atoms with E-state index in [2.05, 4.69) is 25.0 Å². The Balaban J connectivity index is 0.00000225. The number of guanidine groups is 1.